The minimum atomic E-state index is 0.881. The molecule has 0 saturated heterocycles. The second-order valence-electron chi connectivity index (χ2n) is 2.45. The van der Waals surface area contributed by atoms with Gasteiger partial charge in [0.15, 0.2) is 0 Å². The molecule has 3 nitrogen and oxygen atoms in total. The highest BCUT2D eigenvalue weighted by Gasteiger charge is 1.93. The number of hydrogen-bond donors (Lipinski definition) is 1. The molecule has 0 saturated carbocycles. The van der Waals surface area contributed by atoms with Gasteiger partial charge >= 0.3 is 0 Å². The van der Waals surface area contributed by atoms with Crippen LogP contribution in [0.4, 0.5) is 0 Å². The lowest BCUT2D eigenvalue weighted by Crippen LogP contribution is -1.86. The predicted molar refractivity (Wildman–Crippen MR) is 46.1 cm³/mol. The van der Waals surface area contributed by atoms with Gasteiger partial charge in [-0.25, -0.2) is 4.98 Å². The molecule has 1 heterocycles. The van der Waals surface area contributed by atoms with Crippen LogP contribution in [0.2, 0.25) is 0 Å². The zero-order chi connectivity index (χ0) is 8.10. The van der Waals surface area contributed by atoms with Gasteiger partial charge in [-0.2, -0.15) is 0 Å². The fourth-order valence-electron chi connectivity index (χ4n) is 0.780. The van der Waals surface area contributed by atoms with Gasteiger partial charge in [0.25, 0.3) is 0 Å². The van der Waals surface area contributed by atoms with Gasteiger partial charge in [-0.15, -0.1) is 0 Å². The van der Waals surface area contributed by atoms with Crippen molar-refractivity contribution in [3.05, 3.63) is 17.7 Å². The quantitative estimate of drug-likeness (QED) is 0.654. The number of aliphatic imine (C=N–C) groups is 1. The van der Waals surface area contributed by atoms with Crippen molar-refractivity contribution in [2.45, 2.75) is 20.3 Å². The molecular formula is C8H13N3. The largest absolute Gasteiger partial charge is 0.348 e. The van der Waals surface area contributed by atoms with Crippen molar-refractivity contribution in [3.8, 4) is 0 Å². The third-order valence-corrected chi connectivity index (χ3v) is 1.44. The van der Waals surface area contributed by atoms with Crippen LogP contribution in [0.1, 0.15) is 24.7 Å². The zero-order valence-corrected chi connectivity index (χ0v) is 6.96. The van der Waals surface area contributed by atoms with E-state index in [9.17, 15) is 0 Å². The minimum Gasteiger partial charge on any atom is -0.348 e. The molecule has 0 bridgehead atoms. The molecule has 60 valence electrons. The first-order chi connectivity index (χ1) is 5.34. The van der Waals surface area contributed by atoms with E-state index in [1.807, 2.05) is 13.1 Å². The fourth-order valence-corrected chi connectivity index (χ4v) is 0.780. The number of aromatic nitrogens is 2. The van der Waals surface area contributed by atoms with Gasteiger partial charge in [-0.05, 0) is 13.3 Å². The molecular weight excluding hydrogens is 138 g/mol. The maximum atomic E-state index is 4.19. The topological polar surface area (TPSA) is 41.0 Å². The summed E-state index contributed by atoms with van der Waals surface area (Å²) in [5.41, 5.74) is 2.02. The lowest BCUT2D eigenvalue weighted by atomic mass is 10.4. The number of H-pyrrole nitrogens is 1. The van der Waals surface area contributed by atoms with Crippen LogP contribution >= 0.6 is 0 Å². The molecule has 1 aromatic rings. The summed E-state index contributed by atoms with van der Waals surface area (Å²) < 4.78 is 0. The van der Waals surface area contributed by atoms with Gasteiger partial charge in [0, 0.05) is 18.5 Å². The molecule has 0 spiro atoms. The maximum absolute atomic E-state index is 4.19. The van der Waals surface area contributed by atoms with Crippen molar-refractivity contribution in [1.82, 2.24) is 9.97 Å². The third kappa shape index (κ3) is 2.18. The summed E-state index contributed by atoms with van der Waals surface area (Å²) in [6, 6.07) is 0. The van der Waals surface area contributed by atoms with Crippen molar-refractivity contribution < 1.29 is 0 Å². The SMILES string of the molecule is CCCN=Cc1nc[nH]c1C. The van der Waals surface area contributed by atoms with E-state index in [0.29, 0.717) is 0 Å². The zero-order valence-electron chi connectivity index (χ0n) is 6.96. The van der Waals surface area contributed by atoms with E-state index >= 15 is 0 Å². The Morgan fingerprint density at radius 3 is 3.09 bits per heavy atom. The van der Waals surface area contributed by atoms with E-state index in [4.69, 9.17) is 0 Å². The Morgan fingerprint density at radius 2 is 2.55 bits per heavy atom. The molecule has 0 amide bonds. The van der Waals surface area contributed by atoms with Crippen molar-refractivity contribution in [2.24, 2.45) is 4.99 Å². The van der Waals surface area contributed by atoms with Crippen molar-refractivity contribution in [2.75, 3.05) is 6.54 Å². The maximum Gasteiger partial charge on any atom is 0.101 e. The molecule has 0 atom stereocenters. The van der Waals surface area contributed by atoms with Gasteiger partial charge in [0.2, 0.25) is 0 Å². The number of aryl methyl sites for hydroxylation is 1. The first-order valence-electron chi connectivity index (χ1n) is 3.84. The number of hydrogen-bond acceptors (Lipinski definition) is 2. The smallest absolute Gasteiger partial charge is 0.101 e. The fraction of sp³-hybridized carbons (Fsp3) is 0.500. The normalized spacial score (nSPS) is 11.1. The first-order valence-corrected chi connectivity index (χ1v) is 3.84. The van der Waals surface area contributed by atoms with Crippen molar-refractivity contribution >= 4 is 6.21 Å². The summed E-state index contributed by atoms with van der Waals surface area (Å²) in [6.45, 7) is 4.97. The van der Waals surface area contributed by atoms with Crippen LogP contribution in [-0.2, 0) is 0 Å². The summed E-state index contributed by atoms with van der Waals surface area (Å²) in [4.78, 5) is 11.3. The Kier molecular flexibility index (Phi) is 2.83. The highest BCUT2D eigenvalue weighted by molar-refractivity contribution is 5.78. The first kappa shape index (κ1) is 7.98. The number of imidazole rings is 1. The molecule has 0 unspecified atom stereocenters. The van der Waals surface area contributed by atoms with Gasteiger partial charge < -0.3 is 4.98 Å². The van der Waals surface area contributed by atoms with Gasteiger partial charge in [-0.1, -0.05) is 6.92 Å². The number of nitrogens with one attached hydrogen (secondary N) is 1. The van der Waals surface area contributed by atoms with Crippen LogP contribution < -0.4 is 0 Å². The molecule has 0 fully saturated rings. The summed E-state index contributed by atoms with van der Waals surface area (Å²) >= 11 is 0. The van der Waals surface area contributed by atoms with Crippen LogP contribution in [0.15, 0.2) is 11.3 Å². The van der Waals surface area contributed by atoms with Gasteiger partial charge in [-0.3, -0.25) is 4.99 Å². The molecule has 0 aliphatic rings. The molecule has 3 heteroatoms. The second-order valence-corrected chi connectivity index (χ2v) is 2.45. The summed E-state index contributed by atoms with van der Waals surface area (Å²) in [5.74, 6) is 0. The van der Waals surface area contributed by atoms with E-state index in [1.165, 1.54) is 0 Å². The van der Waals surface area contributed by atoms with Crippen LogP contribution in [0.5, 0.6) is 0 Å². The van der Waals surface area contributed by atoms with E-state index in [2.05, 4.69) is 21.9 Å². The number of aromatic amines is 1. The van der Waals surface area contributed by atoms with Crippen LogP contribution in [0, 0.1) is 6.92 Å². The monoisotopic (exact) mass is 151 g/mol. The summed E-state index contributed by atoms with van der Waals surface area (Å²) in [5, 5.41) is 0. The predicted octanol–water partition coefficient (Wildman–Crippen LogP) is 1.55. The van der Waals surface area contributed by atoms with Crippen LogP contribution in [0.3, 0.4) is 0 Å². The number of rotatable bonds is 3. The van der Waals surface area contributed by atoms with E-state index < -0.39 is 0 Å². The molecule has 0 aliphatic heterocycles. The van der Waals surface area contributed by atoms with Gasteiger partial charge in [0.1, 0.15) is 5.69 Å². The Labute approximate surface area is 66.6 Å². The molecule has 0 radical (unpaired) electrons. The summed E-state index contributed by atoms with van der Waals surface area (Å²) in [6.07, 6.45) is 4.58. The average Bonchev–Trinajstić information content (AvgIpc) is 2.37. The van der Waals surface area contributed by atoms with E-state index in [1.54, 1.807) is 6.33 Å². The van der Waals surface area contributed by atoms with E-state index in [-0.39, 0.29) is 0 Å². The third-order valence-electron chi connectivity index (χ3n) is 1.44. The van der Waals surface area contributed by atoms with Gasteiger partial charge in [0.05, 0.1) is 6.33 Å². The van der Waals surface area contributed by atoms with Crippen LogP contribution in [-0.4, -0.2) is 22.7 Å². The Hall–Kier alpha value is -1.12. The Balaban J connectivity index is 2.56. The highest BCUT2D eigenvalue weighted by atomic mass is 14.9. The lowest BCUT2D eigenvalue weighted by Gasteiger charge is -1.87. The molecule has 1 aromatic heterocycles. The van der Waals surface area contributed by atoms with Crippen LogP contribution in [0.25, 0.3) is 0 Å². The molecule has 0 aliphatic carbocycles. The van der Waals surface area contributed by atoms with Crippen molar-refractivity contribution in [1.29, 1.82) is 0 Å². The second kappa shape index (κ2) is 3.91. The Morgan fingerprint density at radius 1 is 1.73 bits per heavy atom. The summed E-state index contributed by atoms with van der Waals surface area (Å²) in [7, 11) is 0. The minimum absolute atomic E-state index is 0.881. The number of nitrogens with zero attached hydrogens (tertiary/aromatic N) is 2. The van der Waals surface area contributed by atoms with E-state index in [0.717, 1.165) is 24.4 Å². The molecule has 0 aromatic carbocycles. The lowest BCUT2D eigenvalue weighted by molar-refractivity contribution is 0.936. The molecule has 1 rings (SSSR count). The molecule has 11 heavy (non-hydrogen) atoms. The average molecular weight is 151 g/mol. The highest BCUT2D eigenvalue weighted by Crippen LogP contribution is 1.95. The molecule has 1 N–H and O–H groups in total. The Bertz CT molecular complexity index is 237. The van der Waals surface area contributed by atoms with Crippen molar-refractivity contribution in [3.63, 3.8) is 0 Å². The standard InChI is InChI=1S/C8H13N3/c1-3-4-9-5-8-7(2)10-6-11-8/h5-6H,3-4H2,1-2H3,(H,10,11).